The number of unbranched alkanes of at least 4 members (excludes halogenated alkanes) is 4. The van der Waals surface area contributed by atoms with Crippen molar-refractivity contribution in [1.29, 1.82) is 0 Å². The zero-order valence-corrected chi connectivity index (χ0v) is 12.4. The summed E-state index contributed by atoms with van der Waals surface area (Å²) < 4.78 is 13.0. The van der Waals surface area contributed by atoms with E-state index in [1.165, 1.54) is 37.7 Å². The Morgan fingerprint density at radius 3 is 2.26 bits per heavy atom. The molecule has 0 saturated carbocycles. The quantitative estimate of drug-likeness (QED) is 0.571. The van der Waals surface area contributed by atoms with Gasteiger partial charge in [-0.2, -0.15) is 0 Å². The second-order valence-corrected chi connectivity index (χ2v) is 5.26. The lowest BCUT2D eigenvalue weighted by atomic mass is 9.99. The Balaban J connectivity index is 2.44. The molecule has 0 bridgehead atoms. The number of hydrogen-bond donors (Lipinski definition) is 1. The fraction of sp³-hybridized carbons (Fsp3) is 0.647. The normalized spacial score (nSPS) is 12.6. The lowest BCUT2D eigenvalue weighted by Gasteiger charge is -2.19. The minimum Gasteiger partial charge on any atom is -0.310 e. The van der Waals surface area contributed by atoms with Gasteiger partial charge in [-0.05, 0) is 37.1 Å². The molecule has 19 heavy (non-hydrogen) atoms. The van der Waals surface area contributed by atoms with Gasteiger partial charge in [-0.25, -0.2) is 4.39 Å². The van der Waals surface area contributed by atoms with E-state index in [4.69, 9.17) is 0 Å². The van der Waals surface area contributed by atoms with Gasteiger partial charge >= 0.3 is 0 Å². The van der Waals surface area contributed by atoms with E-state index >= 15 is 0 Å². The first-order chi connectivity index (χ1) is 9.27. The summed E-state index contributed by atoms with van der Waals surface area (Å²) in [5.41, 5.74) is 1.21. The van der Waals surface area contributed by atoms with Crippen LogP contribution < -0.4 is 5.32 Å². The van der Waals surface area contributed by atoms with E-state index in [1.807, 2.05) is 12.1 Å². The van der Waals surface area contributed by atoms with Crippen LogP contribution in [0.25, 0.3) is 0 Å². The van der Waals surface area contributed by atoms with E-state index in [0.29, 0.717) is 6.04 Å². The van der Waals surface area contributed by atoms with Gasteiger partial charge in [-0.15, -0.1) is 0 Å². The molecule has 0 aliphatic rings. The summed E-state index contributed by atoms with van der Waals surface area (Å²) >= 11 is 0. The van der Waals surface area contributed by atoms with Crippen molar-refractivity contribution in [2.75, 3.05) is 6.54 Å². The van der Waals surface area contributed by atoms with Crippen molar-refractivity contribution in [1.82, 2.24) is 5.32 Å². The van der Waals surface area contributed by atoms with E-state index < -0.39 is 0 Å². The largest absolute Gasteiger partial charge is 0.310 e. The standard InChI is InChI=1S/C17H28FN/c1-3-5-6-7-8-9-17(19-14-4-2)15-10-12-16(18)13-11-15/h10-13,17,19H,3-9,14H2,1-2H3. The molecule has 0 heterocycles. The zero-order valence-electron chi connectivity index (χ0n) is 12.4. The minimum absolute atomic E-state index is 0.152. The number of hydrogen-bond acceptors (Lipinski definition) is 1. The highest BCUT2D eigenvalue weighted by Gasteiger charge is 2.10. The number of nitrogens with one attached hydrogen (secondary N) is 1. The molecule has 1 N–H and O–H groups in total. The van der Waals surface area contributed by atoms with Crippen LogP contribution in [0.2, 0.25) is 0 Å². The third kappa shape index (κ3) is 6.72. The summed E-state index contributed by atoms with van der Waals surface area (Å²) in [5.74, 6) is -0.152. The van der Waals surface area contributed by atoms with Crippen molar-refractivity contribution < 1.29 is 4.39 Å². The van der Waals surface area contributed by atoms with E-state index in [9.17, 15) is 4.39 Å². The zero-order chi connectivity index (χ0) is 13.9. The lowest BCUT2D eigenvalue weighted by Crippen LogP contribution is -2.22. The van der Waals surface area contributed by atoms with Crippen LogP contribution >= 0.6 is 0 Å². The van der Waals surface area contributed by atoms with Crippen LogP contribution in [0.5, 0.6) is 0 Å². The van der Waals surface area contributed by atoms with Gasteiger partial charge in [-0.3, -0.25) is 0 Å². The molecule has 2 heteroatoms. The van der Waals surface area contributed by atoms with Crippen molar-refractivity contribution >= 4 is 0 Å². The fourth-order valence-corrected chi connectivity index (χ4v) is 2.35. The molecule has 1 nitrogen and oxygen atoms in total. The van der Waals surface area contributed by atoms with Crippen LogP contribution in [-0.2, 0) is 0 Å². The van der Waals surface area contributed by atoms with Gasteiger partial charge < -0.3 is 5.32 Å². The summed E-state index contributed by atoms with van der Waals surface area (Å²) in [5, 5.41) is 3.57. The number of benzene rings is 1. The van der Waals surface area contributed by atoms with Gasteiger partial charge in [0.25, 0.3) is 0 Å². The van der Waals surface area contributed by atoms with Crippen molar-refractivity contribution in [3.05, 3.63) is 35.6 Å². The third-order valence-electron chi connectivity index (χ3n) is 3.51. The SMILES string of the molecule is CCCCCCCC(NCCC)c1ccc(F)cc1. The van der Waals surface area contributed by atoms with Crippen molar-refractivity contribution in [2.24, 2.45) is 0 Å². The molecule has 0 aliphatic carbocycles. The predicted octanol–water partition coefficient (Wildman–Crippen LogP) is 5.23. The third-order valence-corrected chi connectivity index (χ3v) is 3.51. The first-order valence-corrected chi connectivity index (χ1v) is 7.76. The highest BCUT2D eigenvalue weighted by atomic mass is 19.1. The average molecular weight is 265 g/mol. The lowest BCUT2D eigenvalue weighted by molar-refractivity contribution is 0.467. The summed E-state index contributed by atoms with van der Waals surface area (Å²) in [7, 11) is 0. The molecule has 1 unspecified atom stereocenters. The van der Waals surface area contributed by atoms with Gasteiger partial charge in [0.2, 0.25) is 0 Å². The van der Waals surface area contributed by atoms with Gasteiger partial charge in [0, 0.05) is 6.04 Å². The molecule has 1 aromatic rings. The smallest absolute Gasteiger partial charge is 0.123 e. The molecule has 0 fully saturated rings. The molecule has 0 aliphatic heterocycles. The Labute approximate surface area is 117 Å². The number of rotatable bonds is 10. The van der Waals surface area contributed by atoms with Gasteiger partial charge in [0.15, 0.2) is 0 Å². The maximum Gasteiger partial charge on any atom is 0.123 e. The molecule has 0 saturated heterocycles. The minimum atomic E-state index is -0.152. The van der Waals surface area contributed by atoms with Crippen LogP contribution in [0.15, 0.2) is 24.3 Å². The molecule has 108 valence electrons. The Morgan fingerprint density at radius 1 is 0.947 bits per heavy atom. The Kier molecular flexibility index (Phi) is 8.48. The van der Waals surface area contributed by atoms with Crippen LogP contribution in [0.3, 0.4) is 0 Å². The van der Waals surface area contributed by atoms with Crippen molar-refractivity contribution in [2.45, 2.75) is 64.8 Å². The second kappa shape index (κ2) is 9.96. The summed E-state index contributed by atoms with van der Waals surface area (Å²) in [6.07, 6.45) is 8.79. The van der Waals surface area contributed by atoms with E-state index in [1.54, 1.807) is 12.1 Å². The topological polar surface area (TPSA) is 12.0 Å². The second-order valence-electron chi connectivity index (χ2n) is 5.26. The van der Waals surface area contributed by atoms with Crippen LogP contribution in [0.4, 0.5) is 4.39 Å². The Bertz CT molecular complexity index is 321. The van der Waals surface area contributed by atoms with E-state index in [2.05, 4.69) is 19.2 Å². The highest BCUT2D eigenvalue weighted by Crippen LogP contribution is 2.20. The summed E-state index contributed by atoms with van der Waals surface area (Å²) in [6, 6.07) is 7.32. The Morgan fingerprint density at radius 2 is 1.63 bits per heavy atom. The molecule has 0 aromatic heterocycles. The highest BCUT2D eigenvalue weighted by molar-refractivity contribution is 5.19. The van der Waals surface area contributed by atoms with Crippen LogP contribution in [0, 0.1) is 5.82 Å². The molecule has 0 spiro atoms. The molecule has 1 rings (SSSR count). The average Bonchev–Trinajstić information content (AvgIpc) is 2.43. The summed E-state index contributed by atoms with van der Waals surface area (Å²) in [4.78, 5) is 0. The molecule has 1 atom stereocenters. The summed E-state index contributed by atoms with van der Waals surface area (Å²) in [6.45, 7) is 5.44. The van der Waals surface area contributed by atoms with Gasteiger partial charge in [0.05, 0.1) is 0 Å². The monoisotopic (exact) mass is 265 g/mol. The van der Waals surface area contributed by atoms with Crippen LogP contribution in [0.1, 0.15) is 70.4 Å². The fourth-order valence-electron chi connectivity index (χ4n) is 2.35. The maximum atomic E-state index is 13.0. The molecular weight excluding hydrogens is 237 g/mol. The van der Waals surface area contributed by atoms with Crippen molar-refractivity contribution in [3.8, 4) is 0 Å². The predicted molar refractivity (Wildman–Crippen MR) is 80.8 cm³/mol. The molecular formula is C17H28FN. The van der Waals surface area contributed by atoms with E-state index in [0.717, 1.165) is 19.4 Å². The first-order valence-electron chi connectivity index (χ1n) is 7.76. The molecule has 0 amide bonds. The maximum absolute atomic E-state index is 13.0. The first kappa shape index (κ1) is 16.2. The van der Waals surface area contributed by atoms with Gasteiger partial charge in [0.1, 0.15) is 5.82 Å². The van der Waals surface area contributed by atoms with Crippen molar-refractivity contribution in [3.63, 3.8) is 0 Å². The number of halogens is 1. The molecule has 0 radical (unpaired) electrons. The molecule has 1 aromatic carbocycles. The van der Waals surface area contributed by atoms with Gasteiger partial charge in [-0.1, -0.05) is 58.1 Å². The van der Waals surface area contributed by atoms with E-state index in [-0.39, 0.29) is 5.82 Å². The van der Waals surface area contributed by atoms with Crippen LogP contribution in [-0.4, -0.2) is 6.54 Å². The Hall–Kier alpha value is -0.890.